The summed E-state index contributed by atoms with van der Waals surface area (Å²) in [6, 6.07) is 12.9. The highest BCUT2D eigenvalue weighted by molar-refractivity contribution is 7.92. The monoisotopic (exact) mass is 457 g/mol. The van der Waals surface area contributed by atoms with Crippen molar-refractivity contribution in [3.63, 3.8) is 0 Å². The zero-order valence-electron chi connectivity index (χ0n) is 17.9. The number of sulfonamides is 1. The maximum atomic E-state index is 12.9. The molecule has 170 valence electrons. The molecule has 8 nitrogen and oxygen atoms in total. The quantitative estimate of drug-likeness (QED) is 0.694. The van der Waals surface area contributed by atoms with E-state index in [9.17, 15) is 18.0 Å². The molecule has 9 heteroatoms. The number of benzene rings is 2. The molecule has 0 spiro atoms. The van der Waals surface area contributed by atoms with E-state index < -0.39 is 15.9 Å². The Hall–Kier alpha value is -3.07. The smallest absolute Gasteiger partial charge is 0.265 e. The number of ether oxygens (including phenoxy) is 1. The van der Waals surface area contributed by atoms with Gasteiger partial charge in [-0.3, -0.25) is 19.2 Å². The largest absolute Gasteiger partial charge is 0.482 e. The van der Waals surface area contributed by atoms with Crippen LogP contribution in [0, 0.1) is 5.92 Å². The van der Waals surface area contributed by atoms with Gasteiger partial charge in [0, 0.05) is 11.7 Å². The summed E-state index contributed by atoms with van der Waals surface area (Å²) in [5, 5.41) is 3.04. The van der Waals surface area contributed by atoms with Crippen LogP contribution in [0.5, 0.6) is 5.75 Å². The van der Waals surface area contributed by atoms with E-state index in [1.165, 1.54) is 23.1 Å². The second kappa shape index (κ2) is 9.20. The minimum Gasteiger partial charge on any atom is -0.482 e. The lowest BCUT2D eigenvalue weighted by molar-refractivity contribution is -0.126. The molecule has 1 fully saturated rings. The van der Waals surface area contributed by atoms with E-state index in [-0.39, 0.29) is 35.7 Å². The highest BCUT2D eigenvalue weighted by Gasteiger charge is 2.31. The first-order valence-corrected chi connectivity index (χ1v) is 12.3. The number of carbonyl (C=O) groups is 2. The van der Waals surface area contributed by atoms with Crippen LogP contribution >= 0.6 is 0 Å². The van der Waals surface area contributed by atoms with E-state index in [2.05, 4.69) is 17.0 Å². The number of fused-ring (bicyclic) bond motifs is 1. The molecule has 2 atom stereocenters. The van der Waals surface area contributed by atoms with Crippen molar-refractivity contribution in [2.75, 3.05) is 22.8 Å². The molecule has 0 saturated heterocycles. The minimum absolute atomic E-state index is 0.0234. The third-order valence-corrected chi connectivity index (χ3v) is 7.35. The van der Waals surface area contributed by atoms with Crippen LogP contribution in [-0.2, 0) is 19.6 Å². The molecule has 2 aromatic rings. The van der Waals surface area contributed by atoms with Crippen LogP contribution in [0.4, 0.5) is 11.4 Å². The number of amides is 2. The number of hydrogen-bond acceptors (Lipinski definition) is 5. The average molecular weight is 458 g/mol. The summed E-state index contributed by atoms with van der Waals surface area (Å²) in [5.41, 5.74) is 0.694. The Kier molecular flexibility index (Phi) is 6.36. The molecule has 0 bridgehead atoms. The van der Waals surface area contributed by atoms with Gasteiger partial charge in [-0.05, 0) is 49.1 Å². The Morgan fingerprint density at radius 3 is 2.62 bits per heavy atom. The van der Waals surface area contributed by atoms with Crippen LogP contribution in [0.25, 0.3) is 0 Å². The van der Waals surface area contributed by atoms with Crippen LogP contribution in [0.3, 0.4) is 0 Å². The standard InChI is InChI=1S/C23H27N3O5S/c1-16-7-5-6-10-19(16)24-22(27)14-26-20-13-18(11-12-21(20)31-15-23(26)28)32(29,30)25-17-8-3-2-4-9-17/h2-4,8-9,11-13,16,19,25H,5-7,10,14-15H2,1H3,(H,24,27)/t16-,19+/m1/s1. The normalized spacial score (nSPS) is 20.8. The maximum Gasteiger partial charge on any atom is 0.265 e. The lowest BCUT2D eigenvalue weighted by Crippen LogP contribution is -2.49. The molecule has 1 saturated carbocycles. The first-order chi connectivity index (χ1) is 15.3. The highest BCUT2D eigenvalue weighted by atomic mass is 32.2. The Bertz CT molecular complexity index is 1100. The fourth-order valence-corrected chi connectivity index (χ4v) is 5.25. The van der Waals surface area contributed by atoms with E-state index in [1.807, 2.05) is 0 Å². The van der Waals surface area contributed by atoms with Crippen LogP contribution in [0.15, 0.2) is 53.4 Å². The molecule has 0 radical (unpaired) electrons. The average Bonchev–Trinajstić information content (AvgIpc) is 2.77. The van der Waals surface area contributed by atoms with Crippen molar-refractivity contribution in [1.82, 2.24) is 5.32 Å². The third-order valence-electron chi connectivity index (χ3n) is 5.97. The second-order valence-corrected chi connectivity index (χ2v) is 9.99. The Morgan fingerprint density at radius 1 is 1.12 bits per heavy atom. The summed E-state index contributed by atoms with van der Waals surface area (Å²) in [5.74, 6) is 0.0961. The molecule has 2 N–H and O–H groups in total. The minimum atomic E-state index is -3.89. The van der Waals surface area contributed by atoms with E-state index in [1.54, 1.807) is 30.3 Å². The van der Waals surface area contributed by atoms with Gasteiger partial charge in [0.05, 0.1) is 10.6 Å². The Labute approximate surface area is 188 Å². The molecule has 1 heterocycles. The number of para-hydroxylation sites is 1. The molecule has 0 aromatic heterocycles. The fraction of sp³-hybridized carbons (Fsp3) is 0.391. The number of carbonyl (C=O) groups excluding carboxylic acids is 2. The lowest BCUT2D eigenvalue weighted by Gasteiger charge is -2.32. The molecular formula is C23H27N3O5S. The predicted octanol–water partition coefficient (Wildman–Crippen LogP) is 2.91. The molecular weight excluding hydrogens is 430 g/mol. The van der Waals surface area contributed by atoms with Gasteiger partial charge in [0.25, 0.3) is 15.9 Å². The van der Waals surface area contributed by atoms with Gasteiger partial charge in [-0.1, -0.05) is 38.0 Å². The molecule has 2 aromatic carbocycles. The summed E-state index contributed by atoms with van der Waals surface area (Å²) in [6.07, 6.45) is 4.23. The first kappa shape index (κ1) is 22.1. The second-order valence-electron chi connectivity index (χ2n) is 8.31. The van der Waals surface area contributed by atoms with Gasteiger partial charge < -0.3 is 10.1 Å². The molecule has 0 unspecified atom stereocenters. The zero-order valence-corrected chi connectivity index (χ0v) is 18.7. The van der Waals surface area contributed by atoms with Crippen molar-refractivity contribution >= 4 is 33.2 Å². The Balaban J connectivity index is 1.55. The molecule has 2 aliphatic rings. The summed E-state index contributed by atoms with van der Waals surface area (Å²) in [7, 11) is -3.89. The van der Waals surface area contributed by atoms with Crippen LogP contribution in [0.1, 0.15) is 32.6 Å². The zero-order chi connectivity index (χ0) is 22.7. The predicted molar refractivity (Wildman–Crippen MR) is 121 cm³/mol. The van der Waals surface area contributed by atoms with Gasteiger partial charge in [0.1, 0.15) is 12.3 Å². The maximum absolute atomic E-state index is 12.9. The number of hydrogen-bond donors (Lipinski definition) is 2. The Morgan fingerprint density at radius 2 is 1.88 bits per heavy atom. The van der Waals surface area contributed by atoms with Crippen molar-refractivity contribution in [3.05, 3.63) is 48.5 Å². The third kappa shape index (κ3) is 4.88. The van der Waals surface area contributed by atoms with E-state index in [4.69, 9.17) is 4.74 Å². The number of nitrogens with one attached hydrogen (secondary N) is 2. The van der Waals surface area contributed by atoms with Crippen molar-refractivity contribution in [2.24, 2.45) is 5.92 Å². The molecule has 2 amide bonds. The van der Waals surface area contributed by atoms with Crippen molar-refractivity contribution in [2.45, 2.75) is 43.5 Å². The summed E-state index contributed by atoms with van der Waals surface area (Å²) in [4.78, 5) is 26.6. The van der Waals surface area contributed by atoms with Crippen LogP contribution < -0.4 is 19.7 Å². The van der Waals surface area contributed by atoms with Crippen molar-refractivity contribution < 1.29 is 22.7 Å². The van der Waals surface area contributed by atoms with Crippen molar-refractivity contribution in [3.8, 4) is 5.75 Å². The molecule has 1 aliphatic carbocycles. The van der Waals surface area contributed by atoms with Gasteiger partial charge in [0.2, 0.25) is 5.91 Å². The first-order valence-electron chi connectivity index (χ1n) is 10.8. The molecule has 1 aliphatic heterocycles. The topological polar surface area (TPSA) is 105 Å². The van der Waals surface area contributed by atoms with Crippen molar-refractivity contribution in [1.29, 1.82) is 0 Å². The van der Waals surface area contributed by atoms with E-state index >= 15 is 0 Å². The number of rotatable bonds is 6. The number of nitrogens with zero attached hydrogens (tertiary/aromatic N) is 1. The summed E-state index contributed by atoms with van der Waals surface area (Å²) >= 11 is 0. The van der Waals surface area contributed by atoms with E-state index in [0.29, 0.717) is 17.4 Å². The van der Waals surface area contributed by atoms with Gasteiger partial charge in [-0.15, -0.1) is 0 Å². The lowest BCUT2D eigenvalue weighted by atomic mass is 9.86. The van der Waals surface area contributed by atoms with Gasteiger partial charge in [0.15, 0.2) is 6.61 Å². The summed E-state index contributed by atoms with van der Waals surface area (Å²) in [6.45, 7) is 1.73. The van der Waals surface area contributed by atoms with Crippen LogP contribution in [-0.4, -0.2) is 39.4 Å². The van der Waals surface area contributed by atoms with Gasteiger partial charge >= 0.3 is 0 Å². The van der Waals surface area contributed by atoms with Gasteiger partial charge in [-0.25, -0.2) is 8.42 Å². The van der Waals surface area contributed by atoms with E-state index in [0.717, 1.165) is 25.7 Å². The molecule has 4 rings (SSSR count). The van der Waals surface area contributed by atoms with Crippen LogP contribution in [0.2, 0.25) is 0 Å². The SMILES string of the molecule is C[C@@H]1CCCC[C@@H]1NC(=O)CN1C(=O)COc2ccc(S(=O)(=O)Nc3ccccc3)cc21. The molecule has 32 heavy (non-hydrogen) atoms. The number of anilines is 2. The summed E-state index contributed by atoms with van der Waals surface area (Å²) < 4.78 is 33.7. The fourth-order valence-electron chi connectivity index (χ4n) is 4.17. The highest BCUT2D eigenvalue weighted by Crippen LogP contribution is 2.34. The van der Waals surface area contributed by atoms with Gasteiger partial charge in [-0.2, -0.15) is 0 Å².